The van der Waals surface area contributed by atoms with Gasteiger partial charge in [0.1, 0.15) is 11.8 Å². The summed E-state index contributed by atoms with van der Waals surface area (Å²) in [6, 6.07) is 12.0. The summed E-state index contributed by atoms with van der Waals surface area (Å²) in [5.41, 5.74) is 3.60. The molecule has 0 fully saturated rings. The predicted octanol–water partition coefficient (Wildman–Crippen LogP) is 1.35. The number of hydrogen-bond donors (Lipinski definition) is 1. The van der Waals surface area contributed by atoms with Crippen LogP contribution in [0.1, 0.15) is 17.0 Å². The molecule has 1 aliphatic heterocycles. The highest BCUT2D eigenvalue weighted by Gasteiger charge is 2.22. The fourth-order valence-electron chi connectivity index (χ4n) is 2.00. The molecule has 0 spiro atoms. The maximum absolute atomic E-state index is 9.19. The van der Waals surface area contributed by atoms with Gasteiger partial charge >= 0.3 is 0 Å². The third-order valence-corrected chi connectivity index (χ3v) is 2.77. The first-order chi connectivity index (χ1) is 7.90. The van der Waals surface area contributed by atoms with E-state index in [-0.39, 0.29) is 0 Å². The summed E-state index contributed by atoms with van der Waals surface area (Å²) < 4.78 is 1.73. The zero-order valence-electron chi connectivity index (χ0n) is 8.64. The van der Waals surface area contributed by atoms with E-state index in [1.807, 2.05) is 30.3 Å². The Morgan fingerprint density at radius 3 is 2.81 bits per heavy atom. The second-order valence-corrected chi connectivity index (χ2v) is 3.74. The minimum atomic E-state index is 0.645. The van der Waals surface area contributed by atoms with Crippen LogP contribution in [0, 0.1) is 11.3 Å². The number of nitrogens with one attached hydrogen (secondary N) is 1. The van der Waals surface area contributed by atoms with Crippen LogP contribution in [0.3, 0.4) is 0 Å². The molecule has 1 N–H and O–H groups in total. The molecule has 0 atom stereocenters. The fraction of sp³-hybridized carbons (Fsp3) is 0.167. The molecule has 3 rings (SSSR count). The van der Waals surface area contributed by atoms with Crippen LogP contribution < -0.4 is 5.32 Å². The molecule has 4 heteroatoms. The van der Waals surface area contributed by atoms with Crippen LogP contribution in [0.15, 0.2) is 30.3 Å². The van der Waals surface area contributed by atoms with E-state index in [9.17, 15) is 5.26 Å². The summed E-state index contributed by atoms with van der Waals surface area (Å²) in [6.45, 7) is 1.49. The first-order valence-corrected chi connectivity index (χ1v) is 5.17. The normalized spacial score (nSPS) is 13.4. The van der Waals surface area contributed by atoms with Gasteiger partial charge < -0.3 is 5.32 Å². The van der Waals surface area contributed by atoms with Gasteiger partial charge in [-0.1, -0.05) is 18.2 Å². The Morgan fingerprint density at radius 1 is 1.25 bits per heavy atom. The SMILES string of the molecule is N#Cc1c2c(nn1-c1ccccc1)CNC2. The number of nitrogens with zero attached hydrogens (tertiary/aromatic N) is 3. The van der Waals surface area contributed by atoms with E-state index in [0.29, 0.717) is 5.69 Å². The lowest BCUT2D eigenvalue weighted by Crippen LogP contribution is -2.07. The van der Waals surface area contributed by atoms with Crippen LogP contribution in [0.5, 0.6) is 0 Å². The van der Waals surface area contributed by atoms with Crippen molar-refractivity contribution in [3.05, 3.63) is 47.3 Å². The first-order valence-electron chi connectivity index (χ1n) is 5.17. The number of hydrogen-bond acceptors (Lipinski definition) is 3. The van der Waals surface area contributed by atoms with Crippen molar-refractivity contribution in [2.45, 2.75) is 13.1 Å². The third kappa shape index (κ3) is 1.23. The minimum absolute atomic E-state index is 0.645. The van der Waals surface area contributed by atoms with Gasteiger partial charge in [0.2, 0.25) is 0 Å². The number of aromatic nitrogens is 2. The topological polar surface area (TPSA) is 53.6 Å². The molecule has 0 radical (unpaired) electrons. The maximum atomic E-state index is 9.19. The molecule has 0 saturated carbocycles. The summed E-state index contributed by atoms with van der Waals surface area (Å²) in [6.07, 6.45) is 0. The third-order valence-electron chi connectivity index (χ3n) is 2.77. The molecule has 0 unspecified atom stereocenters. The van der Waals surface area contributed by atoms with Crippen LogP contribution in [0.25, 0.3) is 5.69 Å². The molecule has 4 nitrogen and oxygen atoms in total. The van der Waals surface area contributed by atoms with Crippen molar-refractivity contribution in [3.63, 3.8) is 0 Å². The quantitative estimate of drug-likeness (QED) is 0.773. The van der Waals surface area contributed by atoms with E-state index >= 15 is 0 Å². The van der Waals surface area contributed by atoms with Gasteiger partial charge in [-0.25, -0.2) is 4.68 Å². The van der Waals surface area contributed by atoms with Gasteiger partial charge in [-0.2, -0.15) is 10.4 Å². The highest BCUT2D eigenvalue weighted by Crippen LogP contribution is 2.21. The average molecular weight is 210 g/mol. The van der Waals surface area contributed by atoms with Crippen molar-refractivity contribution >= 4 is 0 Å². The first kappa shape index (κ1) is 9.13. The van der Waals surface area contributed by atoms with Crippen LogP contribution in [-0.2, 0) is 13.1 Å². The number of benzene rings is 1. The van der Waals surface area contributed by atoms with Gasteiger partial charge in [-0.15, -0.1) is 0 Å². The Morgan fingerprint density at radius 2 is 2.06 bits per heavy atom. The Labute approximate surface area is 93.1 Å². The van der Waals surface area contributed by atoms with Gasteiger partial charge in [0.25, 0.3) is 0 Å². The number of nitriles is 1. The maximum Gasteiger partial charge on any atom is 0.149 e. The van der Waals surface area contributed by atoms with Crippen LogP contribution >= 0.6 is 0 Å². The average Bonchev–Trinajstić information content (AvgIpc) is 2.89. The van der Waals surface area contributed by atoms with Gasteiger partial charge in [0, 0.05) is 18.7 Å². The van der Waals surface area contributed by atoms with Crippen LogP contribution in [-0.4, -0.2) is 9.78 Å². The molecule has 1 aliphatic rings. The Bertz CT molecular complexity index is 563. The van der Waals surface area contributed by atoms with Crippen molar-refractivity contribution in [1.82, 2.24) is 15.1 Å². The lowest BCUT2D eigenvalue weighted by Gasteiger charge is -2.03. The molecule has 16 heavy (non-hydrogen) atoms. The number of rotatable bonds is 1. The smallest absolute Gasteiger partial charge is 0.149 e. The largest absolute Gasteiger partial charge is 0.307 e. The van der Waals surface area contributed by atoms with Crippen LogP contribution in [0.2, 0.25) is 0 Å². The highest BCUT2D eigenvalue weighted by molar-refractivity contribution is 5.44. The molecule has 2 aromatic rings. The summed E-state index contributed by atoms with van der Waals surface area (Å²) in [5.74, 6) is 0. The molecule has 1 aromatic carbocycles. The highest BCUT2D eigenvalue weighted by atomic mass is 15.3. The number of fused-ring (bicyclic) bond motifs is 1. The second kappa shape index (κ2) is 3.47. The molecular formula is C12H10N4. The molecule has 78 valence electrons. The van der Waals surface area contributed by atoms with Gasteiger partial charge in [0.05, 0.1) is 11.4 Å². The van der Waals surface area contributed by atoms with E-state index in [4.69, 9.17) is 0 Å². The van der Waals surface area contributed by atoms with E-state index < -0.39 is 0 Å². The minimum Gasteiger partial charge on any atom is -0.307 e. The van der Waals surface area contributed by atoms with E-state index in [1.54, 1.807) is 4.68 Å². The Kier molecular flexibility index (Phi) is 1.98. The van der Waals surface area contributed by atoms with Crippen molar-refractivity contribution in [1.29, 1.82) is 5.26 Å². The van der Waals surface area contributed by atoms with E-state index in [2.05, 4.69) is 16.5 Å². The summed E-state index contributed by atoms with van der Waals surface area (Å²) in [7, 11) is 0. The second-order valence-electron chi connectivity index (χ2n) is 3.74. The summed E-state index contributed by atoms with van der Waals surface area (Å²) >= 11 is 0. The van der Waals surface area contributed by atoms with E-state index in [0.717, 1.165) is 30.0 Å². The molecular weight excluding hydrogens is 200 g/mol. The Balaban J connectivity index is 2.20. The number of para-hydroxylation sites is 1. The Hall–Kier alpha value is -2.12. The fourth-order valence-corrected chi connectivity index (χ4v) is 2.00. The summed E-state index contributed by atoms with van der Waals surface area (Å²) in [5, 5.41) is 16.9. The lowest BCUT2D eigenvalue weighted by molar-refractivity contribution is 0.717. The molecule has 0 aliphatic carbocycles. The van der Waals surface area contributed by atoms with Crippen molar-refractivity contribution in [2.75, 3.05) is 0 Å². The summed E-state index contributed by atoms with van der Waals surface area (Å²) in [4.78, 5) is 0. The van der Waals surface area contributed by atoms with Gasteiger partial charge in [0.15, 0.2) is 0 Å². The van der Waals surface area contributed by atoms with Crippen molar-refractivity contribution in [2.24, 2.45) is 0 Å². The molecule has 0 amide bonds. The standard InChI is InChI=1S/C12H10N4/c13-6-12-10-7-14-8-11(10)15-16(12)9-4-2-1-3-5-9/h1-5,14H,7-8H2. The zero-order chi connectivity index (χ0) is 11.0. The zero-order valence-corrected chi connectivity index (χ0v) is 8.64. The van der Waals surface area contributed by atoms with Crippen molar-refractivity contribution in [3.8, 4) is 11.8 Å². The predicted molar refractivity (Wildman–Crippen MR) is 58.8 cm³/mol. The molecule has 1 aromatic heterocycles. The van der Waals surface area contributed by atoms with Gasteiger partial charge in [-0.3, -0.25) is 0 Å². The molecule has 0 saturated heterocycles. The molecule has 0 bridgehead atoms. The van der Waals surface area contributed by atoms with Gasteiger partial charge in [-0.05, 0) is 12.1 Å². The monoisotopic (exact) mass is 210 g/mol. The van der Waals surface area contributed by atoms with Crippen LogP contribution in [0.4, 0.5) is 0 Å². The van der Waals surface area contributed by atoms with E-state index in [1.165, 1.54) is 0 Å². The lowest BCUT2D eigenvalue weighted by atomic mass is 10.2. The molecule has 2 heterocycles. The van der Waals surface area contributed by atoms with Crippen molar-refractivity contribution < 1.29 is 0 Å².